The highest BCUT2D eigenvalue weighted by Crippen LogP contribution is 2.38. The van der Waals surface area contributed by atoms with Gasteiger partial charge in [-0.2, -0.15) is 0 Å². The zero-order chi connectivity index (χ0) is 17.5. The Kier molecular flexibility index (Phi) is 6.24. The first-order valence-corrected chi connectivity index (χ1v) is 8.35. The highest BCUT2D eigenvalue weighted by Gasteiger charge is 2.22. The summed E-state index contributed by atoms with van der Waals surface area (Å²) < 4.78 is 5.32. The second-order valence-corrected chi connectivity index (χ2v) is 5.95. The largest absolute Gasteiger partial charge is 0.508 e. The van der Waals surface area contributed by atoms with Crippen LogP contribution in [0, 0.1) is 0 Å². The number of hydrogen-bond donors (Lipinski definition) is 2. The topological polar surface area (TPSA) is 72.6 Å². The standard InChI is InChI=1S/C20H25NO3/c1-3-18(14-5-9-16(22)10-6-14)19(4-2)15-7-11-17(12-8-15)24-13-20(21)23/h5-12,18-19,22H,3-4,13H2,1-2H3,(H2,21,23)/t18-,19+/m1/s1. The van der Waals surface area contributed by atoms with Crippen LogP contribution >= 0.6 is 0 Å². The lowest BCUT2D eigenvalue weighted by Crippen LogP contribution is -2.20. The van der Waals surface area contributed by atoms with E-state index in [1.54, 1.807) is 12.1 Å². The first-order valence-electron chi connectivity index (χ1n) is 8.35. The summed E-state index contributed by atoms with van der Waals surface area (Å²) in [6, 6.07) is 15.3. The predicted octanol–water partition coefficient (Wildman–Crippen LogP) is 3.94. The summed E-state index contributed by atoms with van der Waals surface area (Å²) in [5, 5.41) is 9.50. The molecule has 0 fully saturated rings. The molecule has 2 rings (SSSR count). The van der Waals surface area contributed by atoms with Gasteiger partial charge in [-0.15, -0.1) is 0 Å². The molecule has 4 heteroatoms. The number of phenols is 1. The quantitative estimate of drug-likeness (QED) is 0.771. The Morgan fingerprint density at radius 1 is 0.958 bits per heavy atom. The van der Waals surface area contributed by atoms with Crippen molar-refractivity contribution in [2.24, 2.45) is 5.73 Å². The summed E-state index contributed by atoms with van der Waals surface area (Å²) in [5.74, 6) is 1.21. The van der Waals surface area contributed by atoms with Crippen molar-refractivity contribution in [1.82, 2.24) is 0 Å². The van der Waals surface area contributed by atoms with Gasteiger partial charge in [0.2, 0.25) is 0 Å². The number of phenolic OH excluding ortho intramolecular Hbond substituents is 1. The van der Waals surface area contributed by atoms with Crippen molar-refractivity contribution in [3.63, 3.8) is 0 Å². The summed E-state index contributed by atoms with van der Waals surface area (Å²) in [6.45, 7) is 4.26. The van der Waals surface area contributed by atoms with E-state index >= 15 is 0 Å². The second kappa shape index (κ2) is 8.39. The van der Waals surface area contributed by atoms with E-state index in [1.165, 1.54) is 11.1 Å². The number of hydrogen-bond acceptors (Lipinski definition) is 3. The van der Waals surface area contributed by atoms with Crippen molar-refractivity contribution in [3.8, 4) is 11.5 Å². The number of benzene rings is 2. The van der Waals surface area contributed by atoms with Gasteiger partial charge in [0.15, 0.2) is 6.61 Å². The van der Waals surface area contributed by atoms with Crippen LogP contribution in [0.25, 0.3) is 0 Å². The highest BCUT2D eigenvalue weighted by atomic mass is 16.5. The third kappa shape index (κ3) is 4.51. The molecule has 24 heavy (non-hydrogen) atoms. The molecule has 0 unspecified atom stereocenters. The van der Waals surface area contributed by atoms with E-state index in [2.05, 4.69) is 13.8 Å². The molecule has 4 nitrogen and oxygen atoms in total. The molecular weight excluding hydrogens is 302 g/mol. The van der Waals surface area contributed by atoms with Gasteiger partial charge in [-0.3, -0.25) is 4.79 Å². The Hall–Kier alpha value is -2.49. The smallest absolute Gasteiger partial charge is 0.255 e. The maximum Gasteiger partial charge on any atom is 0.255 e. The van der Waals surface area contributed by atoms with Crippen LogP contribution in [0.3, 0.4) is 0 Å². The van der Waals surface area contributed by atoms with Crippen LogP contribution in [0.15, 0.2) is 48.5 Å². The Bertz CT molecular complexity index is 650. The highest BCUT2D eigenvalue weighted by molar-refractivity contribution is 5.75. The minimum absolute atomic E-state index is 0.109. The minimum Gasteiger partial charge on any atom is -0.508 e. The molecule has 0 radical (unpaired) electrons. The average molecular weight is 327 g/mol. The summed E-state index contributed by atoms with van der Waals surface area (Å²) in [7, 11) is 0. The number of ether oxygens (including phenoxy) is 1. The monoisotopic (exact) mass is 327 g/mol. The number of rotatable bonds is 8. The van der Waals surface area contributed by atoms with Gasteiger partial charge in [0, 0.05) is 0 Å². The Morgan fingerprint density at radius 3 is 1.83 bits per heavy atom. The summed E-state index contributed by atoms with van der Waals surface area (Å²) in [5.41, 5.74) is 7.56. The number of nitrogens with two attached hydrogens (primary N) is 1. The summed E-state index contributed by atoms with van der Waals surface area (Å²) in [6.07, 6.45) is 2.03. The van der Waals surface area contributed by atoms with Crippen LogP contribution in [0.4, 0.5) is 0 Å². The van der Waals surface area contributed by atoms with Gasteiger partial charge < -0.3 is 15.6 Å². The predicted molar refractivity (Wildman–Crippen MR) is 95.3 cm³/mol. The van der Waals surface area contributed by atoms with Crippen molar-refractivity contribution >= 4 is 5.91 Å². The molecule has 2 aromatic rings. The van der Waals surface area contributed by atoms with E-state index in [0.717, 1.165) is 12.8 Å². The molecule has 0 spiro atoms. The van der Waals surface area contributed by atoms with E-state index in [9.17, 15) is 9.90 Å². The molecule has 0 aromatic heterocycles. The lowest BCUT2D eigenvalue weighted by atomic mass is 9.78. The maximum absolute atomic E-state index is 10.8. The van der Waals surface area contributed by atoms with E-state index in [4.69, 9.17) is 10.5 Å². The van der Waals surface area contributed by atoms with Crippen molar-refractivity contribution in [2.45, 2.75) is 38.5 Å². The number of carbonyl (C=O) groups excluding carboxylic acids is 1. The molecule has 0 aliphatic heterocycles. The van der Waals surface area contributed by atoms with E-state index in [1.807, 2.05) is 36.4 Å². The Balaban J connectivity index is 2.19. The molecule has 0 bridgehead atoms. The van der Waals surface area contributed by atoms with Crippen LogP contribution < -0.4 is 10.5 Å². The molecular formula is C20H25NO3. The third-order valence-electron chi connectivity index (χ3n) is 4.38. The van der Waals surface area contributed by atoms with Gasteiger partial charge in [-0.1, -0.05) is 38.1 Å². The van der Waals surface area contributed by atoms with E-state index in [0.29, 0.717) is 17.6 Å². The molecule has 128 valence electrons. The van der Waals surface area contributed by atoms with Gasteiger partial charge in [-0.25, -0.2) is 0 Å². The zero-order valence-electron chi connectivity index (χ0n) is 14.2. The third-order valence-corrected chi connectivity index (χ3v) is 4.38. The molecule has 0 aliphatic rings. The normalized spacial score (nSPS) is 13.2. The Labute approximate surface area is 143 Å². The van der Waals surface area contributed by atoms with Crippen LogP contribution in [0.2, 0.25) is 0 Å². The number of carbonyl (C=O) groups is 1. The van der Waals surface area contributed by atoms with Crippen molar-refractivity contribution < 1.29 is 14.6 Å². The van der Waals surface area contributed by atoms with Gasteiger partial charge in [0.05, 0.1) is 0 Å². The lowest BCUT2D eigenvalue weighted by molar-refractivity contribution is -0.119. The number of primary amides is 1. The Morgan fingerprint density at radius 2 is 1.42 bits per heavy atom. The SMILES string of the molecule is CC[C@H](c1ccc(O)cc1)[C@@H](CC)c1ccc(OCC(N)=O)cc1. The van der Waals surface area contributed by atoms with Gasteiger partial charge >= 0.3 is 0 Å². The van der Waals surface area contributed by atoms with E-state index < -0.39 is 5.91 Å². The lowest BCUT2D eigenvalue weighted by Gasteiger charge is -2.26. The van der Waals surface area contributed by atoms with E-state index in [-0.39, 0.29) is 12.4 Å². The van der Waals surface area contributed by atoms with Crippen LogP contribution in [0.5, 0.6) is 11.5 Å². The van der Waals surface area contributed by atoms with Crippen LogP contribution in [-0.2, 0) is 4.79 Å². The first-order chi connectivity index (χ1) is 11.5. The van der Waals surface area contributed by atoms with Crippen molar-refractivity contribution in [2.75, 3.05) is 6.61 Å². The summed E-state index contributed by atoms with van der Waals surface area (Å²) in [4.78, 5) is 10.8. The van der Waals surface area contributed by atoms with Gasteiger partial charge in [0.1, 0.15) is 11.5 Å². The van der Waals surface area contributed by atoms with Crippen molar-refractivity contribution in [1.29, 1.82) is 0 Å². The number of amides is 1. The molecule has 1 amide bonds. The van der Waals surface area contributed by atoms with Crippen LogP contribution in [0.1, 0.15) is 49.7 Å². The molecule has 0 saturated heterocycles. The maximum atomic E-state index is 10.8. The fourth-order valence-electron chi connectivity index (χ4n) is 3.19. The molecule has 0 saturated carbocycles. The van der Waals surface area contributed by atoms with Crippen molar-refractivity contribution in [3.05, 3.63) is 59.7 Å². The first kappa shape index (κ1) is 17.9. The second-order valence-electron chi connectivity index (χ2n) is 5.95. The molecule has 0 aliphatic carbocycles. The average Bonchev–Trinajstić information content (AvgIpc) is 2.59. The summed E-state index contributed by atoms with van der Waals surface area (Å²) >= 11 is 0. The number of aromatic hydroxyl groups is 1. The molecule has 3 N–H and O–H groups in total. The van der Waals surface area contributed by atoms with Gasteiger partial charge in [-0.05, 0) is 60.1 Å². The van der Waals surface area contributed by atoms with Crippen LogP contribution in [-0.4, -0.2) is 17.6 Å². The van der Waals surface area contributed by atoms with Gasteiger partial charge in [0.25, 0.3) is 5.91 Å². The molecule has 0 heterocycles. The fourth-order valence-corrected chi connectivity index (χ4v) is 3.19. The molecule has 2 atom stereocenters. The fraction of sp³-hybridized carbons (Fsp3) is 0.350. The minimum atomic E-state index is -0.483. The zero-order valence-corrected chi connectivity index (χ0v) is 14.2. The molecule has 2 aromatic carbocycles.